The van der Waals surface area contributed by atoms with Crippen molar-refractivity contribution in [2.45, 2.75) is 38.5 Å². The van der Waals surface area contributed by atoms with Gasteiger partial charge in [0.15, 0.2) is 5.11 Å². The summed E-state index contributed by atoms with van der Waals surface area (Å²) < 4.78 is 45.6. The van der Waals surface area contributed by atoms with Crippen LogP contribution >= 0.6 is 12.2 Å². The van der Waals surface area contributed by atoms with E-state index in [-0.39, 0.29) is 42.5 Å². The summed E-state index contributed by atoms with van der Waals surface area (Å²) in [5.41, 5.74) is 1.75. The van der Waals surface area contributed by atoms with E-state index < -0.39 is 42.7 Å². The van der Waals surface area contributed by atoms with Crippen LogP contribution in [0.2, 0.25) is 0 Å². The summed E-state index contributed by atoms with van der Waals surface area (Å²) in [5.74, 6) is -2.91. The Balaban J connectivity index is 1.70. The highest BCUT2D eigenvalue weighted by molar-refractivity contribution is 7.80. The van der Waals surface area contributed by atoms with Crippen LogP contribution in [0.1, 0.15) is 57.8 Å². The topological polar surface area (TPSA) is 115 Å². The average Bonchev–Trinajstić information content (AvgIpc) is 3.45. The molecule has 0 aliphatic carbocycles. The van der Waals surface area contributed by atoms with Crippen molar-refractivity contribution in [3.8, 4) is 0 Å². The van der Waals surface area contributed by atoms with Crippen LogP contribution in [0, 0.1) is 5.92 Å². The molecular formula is C29H29F3N4O5S. The average molecular weight is 603 g/mol. The summed E-state index contributed by atoms with van der Waals surface area (Å²) in [6.07, 6.45) is -4.74. The minimum absolute atomic E-state index is 0.0407. The Kier molecular flexibility index (Phi) is 9.51. The first-order chi connectivity index (χ1) is 20.0. The fourth-order valence-corrected chi connectivity index (χ4v) is 5.25. The van der Waals surface area contributed by atoms with Gasteiger partial charge in [0, 0.05) is 18.3 Å². The maximum atomic E-state index is 13.5. The molecule has 1 aliphatic heterocycles. The number of benzene rings is 2. The molecule has 2 atom stereocenters. The molecule has 42 heavy (non-hydrogen) atoms. The normalized spacial score (nSPS) is 16.9. The number of hydrogen-bond donors (Lipinski definition) is 3. The largest absolute Gasteiger partial charge is 0.465 e. The number of piperidine rings is 1. The van der Waals surface area contributed by atoms with Gasteiger partial charge in [-0.2, -0.15) is 13.2 Å². The molecule has 13 heteroatoms. The number of nitrogens with zero attached hydrogens (tertiary/aromatic N) is 2. The zero-order valence-electron chi connectivity index (χ0n) is 22.6. The first-order valence-electron chi connectivity index (χ1n) is 13.2. The minimum Gasteiger partial charge on any atom is -0.465 e. The molecule has 0 radical (unpaired) electrons. The molecule has 3 N–H and O–H groups in total. The fraction of sp³-hybridized carbons (Fsp3) is 0.310. The summed E-state index contributed by atoms with van der Waals surface area (Å²) in [6.45, 7) is 1.04. The van der Waals surface area contributed by atoms with Gasteiger partial charge in [0.25, 0.3) is 5.91 Å². The molecule has 0 saturated carbocycles. The number of anilines is 1. The van der Waals surface area contributed by atoms with Crippen LogP contribution in [0.3, 0.4) is 0 Å². The second kappa shape index (κ2) is 13.1. The standard InChI is InChI=1S/C29H29F3N4O5S/c1-2-41-26(38)24-23(14-15-33-24)35(27(42)34-25(37)18-8-4-3-5-9-18)16-19-10-6-7-11-21(19)22-13-12-20(29(30,31)32)17-36(22)28(39)40/h3-11,14-15,20,22,33H,2,12-13,16-17H2,1H3,(H,39,40)(H,34,37,42). The SMILES string of the molecule is CCOC(=O)c1[nH]ccc1N(Cc1ccccc1C1CCC(C(F)(F)F)CN1C(=O)O)C(=S)NC(=O)c1ccccc1. The number of nitrogens with one attached hydrogen (secondary N) is 2. The van der Waals surface area contributed by atoms with Crippen molar-refractivity contribution in [2.75, 3.05) is 18.1 Å². The van der Waals surface area contributed by atoms with E-state index in [1.54, 1.807) is 67.6 Å². The van der Waals surface area contributed by atoms with Crippen LogP contribution in [0.25, 0.3) is 0 Å². The number of aromatic amines is 1. The van der Waals surface area contributed by atoms with Gasteiger partial charge in [-0.1, -0.05) is 42.5 Å². The number of H-pyrrole nitrogens is 1. The third-order valence-corrected chi connectivity index (χ3v) is 7.35. The maximum Gasteiger partial charge on any atom is 0.407 e. The van der Waals surface area contributed by atoms with E-state index in [2.05, 4.69) is 10.3 Å². The molecule has 1 aliphatic rings. The number of likely N-dealkylation sites (tertiary alicyclic amines) is 1. The highest BCUT2D eigenvalue weighted by Gasteiger charge is 2.46. The lowest BCUT2D eigenvalue weighted by Crippen LogP contribution is -2.46. The number of carboxylic acid groups (broad SMARTS) is 1. The van der Waals surface area contributed by atoms with E-state index >= 15 is 0 Å². The third-order valence-electron chi connectivity index (χ3n) is 7.03. The highest BCUT2D eigenvalue weighted by atomic mass is 32.1. The predicted molar refractivity (Wildman–Crippen MR) is 152 cm³/mol. The molecule has 2 aromatic carbocycles. The zero-order chi connectivity index (χ0) is 30.4. The van der Waals surface area contributed by atoms with E-state index in [0.29, 0.717) is 16.7 Å². The van der Waals surface area contributed by atoms with Crippen molar-refractivity contribution < 1.29 is 37.4 Å². The molecule has 4 rings (SSSR count). The third kappa shape index (κ3) is 6.90. The Labute approximate surface area is 245 Å². The number of rotatable bonds is 7. The van der Waals surface area contributed by atoms with Gasteiger partial charge in [0.2, 0.25) is 0 Å². The summed E-state index contributed by atoms with van der Waals surface area (Å²) in [6, 6.07) is 15.8. The van der Waals surface area contributed by atoms with E-state index in [4.69, 9.17) is 17.0 Å². The summed E-state index contributed by atoms with van der Waals surface area (Å²) in [4.78, 5) is 42.9. The second-order valence-electron chi connectivity index (χ2n) is 9.64. The van der Waals surface area contributed by atoms with Gasteiger partial charge in [-0.25, -0.2) is 9.59 Å². The van der Waals surface area contributed by atoms with Gasteiger partial charge in [-0.05, 0) is 61.3 Å². The lowest BCUT2D eigenvalue weighted by atomic mass is 9.87. The first kappa shape index (κ1) is 30.6. The molecule has 2 heterocycles. The number of carbonyl (C=O) groups excluding carboxylic acids is 2. The number of alkyl halides is 3. The number of ether oxygens (including phenoxy) is 1. The zero-order valence-corrected chi connectivity index (χ0v) is 23.4. The summed E-state index contributed by atoms with van der Waals surface area (Å²) in [7, 11) is 0. The van der Waals surface area contributed by atoms with E-state index in [1.807, 2.05) is 0 Å². The molecule has 9 nitrogen and oxygen atoms in total. The molecule has 1 fully saturated rings. The Hall–Kier alpha value is -4.39. The fourth-order valence-electron chi connectivity index (χ4n) is 4.99. The van der Waals surface area contributed by atoms with Crippen LogP contribution in [-0.4, -0.2) is 57.4 Å². The Morgan fingerprint density at radius 2 is 1.79 bits per heavy atom. The molecule has 222 valence electrons. The van der Waals surface area contributed by atoms with Gasteiger partial charge in [-0.3, -0.25) is 10.1 Å². The molecule has 3 aromatic rings. The van der Waals surface area contributed by atoms with E-state index in [0.717, 1.165) is 4.90 Å². The van der Waals surface area contributed by atoms with Crippen molar-refractivity contribution in [2.24, 2.45) is 5.92 Å². The maximum absolute atomic E-state index is 13.5. The second-order valence-corrected chi connectivity index (χ2v) is 10.0. The van der Waals surface area contributed by atoms with Crippen LogP contribution in [0.15, 0.2) is 66.9 Å². The highest BCUT2D eigenvalue weighted by Crippen LogP contribution is 2.41. The molecule has 0 spiro atoms. The number of amides is 2. The van der Waals surface area contributed by atoms with Gasteiger partial charge in [-0.15, -0.1) is 0 Å². The Morgan fingerprint density at radius 1 is 1.10 bits per heavy atom. The van der Waals surface area contributed by atoms with E-state index in [9.17, 15) is 32.7 Å². The number of aromatic nitrogens is 1. The molecule has 2 amide bonds. The van der Waals surface area contributed by atoms with Gasteiger partial charge in [0.1, 0.15) is 5.69 Å². The monoisotopic (exact) mass is 602 g/mol. The predicted octanol–water partition coefficient (Wildman–Crippen LogP) is 5.91. The number of hydrogen-bond acceptors (Lipinski definition) is 5. The van der Waals surface area contributed by atoms with Gasteiger partial charge >= 0.3 is 18.2 Å². The quantitative estimate of drug-likeness (QED) is 0.228. The molecule has 1 aromatic heterocycles. The minimum atomic E-state index is -4.52. The van der Waals surface area contributed by atoms with Crippen molar-refractivity contribution in [1.29, 1.82) is 0 Å². The van der Waals surface area contributed by atoms with Gasteiger partial charge in [0.05, 0.1) is 30.8 Å². The van der Waals surface area contributed by atoms with Crippen molar-refractivity contribution in [3.63, 3.8) is 0 Å². The van der Waals surface area contributed by atoms with Gasteiger partial charge < -0.3 is 24.6 Å². The number of esters is 1. The lowest BCUT2D eigenvalue weighted by Gasteiger charge is -2.39. The molecule has 1 saturated heterocycles. The molecule has 2 unspecified atom stereocenters. The van der Waals surface area contributed by atoms with Crippen LogP contribution in [0.4, 0.5) is 23.7 Å². The summed E-state index contributed by atoms with van der Waals surface area (Å²) in [5, 5.41) is 12.5. The summed E-state index contributed by atoms with van der Waals surface area (Å²) >= 11 is 5.63. The lowest BCUT2D eigenvalue weighted by molar-refractivity contribution is -0.188. The Morgan fingerprint density at radius 3 is 2.45 bits per heavy atom. The van der Waals surface area contributed by atoms with Crippen LogP contribution in [0.5, 0.6) is 0 Å². The number of thiocarbonyl (C=S) groups is 1. The molecular weight excluding hydrogens is 573 g/mol. The molecule has 0 bridgehead atoms. The van der Waals surface area contributed by atoms with Crippen LogP contribution < -0.4 is 10.2 Å². The Bertz CT molecular complexity index is 1450. The van der Waals surface area contributed by atoms with Crippen molar-refractivity contribution in [3.05, 3.63) is 89.2 Å². The van der Waals surface area contributed by atoms with E-state index in [1.165, 1.54) is 11.1 Å². The number of carbonyl (C=O) groups is 3. The smallest absolute Gasteiger partial charge is 0.407 e. The van der Waals surface area contributed by atoms with Crippen molar-refractivity contribution >= 4 is 41.0 Å². The number of halogens is 3. The van der Waals surface area contributed by atoms with Crippen LogP contribution in [-0.2, 0) is 11.3 Å². The van der Waals surface area contributed by atoms with Crippen molar-refractivity contribution in [1.82, 2.24) is 15.2 Å². The first-order valence-corrected chi connectivity index (χ1v) is 13.6.